The molecule has 0 amide bonds. The molecule has 30 heavy (non-hydrogen) atoms. The fraction of sp³-hybridized carbons (Fsp3) is 0.571. The molecule has 0 bridgehead atoms. The third kappa shape index (κ3) is 7.00. The number of nitrogens with one attached hydrogen (secondary N) is 2. The molecule has 0 saturated heterocycles. The Morgan fingerprint density at radius 1 is 1.30 bits per heavy atom. The van der Waals surface area contributed by atoms with Crippen molar-refractivity contribution in [2.24, 2.45) is 5.92 Å². The van der Waals surface area contributed by atoms with Crippen LogP contribution in [-0.4, -0.2) is 60.6 Å². The number of rotatable bonds is 12. The lowest BCUT2D eigenvalue weighted by Crippen LogP contribution is -2.27. The van der Waals surface area contributed by atoms with Gasteiger partial charge >= 0.3 is 6.18 Å². The second kappa shape index (κ2) is 11.3. The van der Waals surface area contributed by atoms with Crippen LogP contribution >= 0.6 is 0 Å². The number of aliphatic hydroxyl groups is 1. The van der Waals surface area contributed by atoms with Crippen LogP contribution in [0, 0.1) is 5.92 Å². The monoisotopic (exact) mass is 428 g/mol. The number of nitrogens with zero attached hydrogens (tertiary/aromatic N) is 2. The Kier molecular flexibility index (Phi) is 9.13. The van der Waals surface area contributed by atoms with Crippen LogP contribution in [0.2, 0.25) is 0 Å². The summed E-state index contributed by atoms with van der Waals surface area (Å²) in [6, 6.07) is 3.73. The normalized spacial score (nSPS) is 13.1. The number of H-pyrrole nitrogens is 1. The average Bonchev–Trinajstić information content (AvgIpc) is 3.16. The molecule has 2 rings (SSSR count). The summed E-state index contributed by atoms with van der Waals surface area (Å²) in [6.45, 7) is 4.38. The topological polar surface area (TPSA) is 73.4 Å². The predicted octanol–water partition coefficient (Wildman–Crippen LogP) is 3.53. The number of aromatic nitrogens is 2. The maximum atomic E-state index is 13.5. The van der Waals surface area contributed by atoms with Gasteiger partial charge in [-0.05, 0) is 51.1 Å². The average molecular weight is 428 g/mol. The molecule has 0 saturated carbocycles. The van der Waals surface area contributed by atoms with E-state index in [1.807, 2.05) is 21.0 Å². The van der Waals surface area contributed by atoms with Crippen molar-refractivity contribution in [1.29, 1.82) is 0 Å². The number of benzene rings is 1. The highest BCUT2D eigenvalue weighted by Crippen LogP contribution is 2.36. The third-order valence-electron chi connectivity index (χ3n) is 5.02. The number of halogens is 3. The lowest BCUT2D eigenvalue weighted by atomic mass is 10.0. The minimum atomic E-state index is -4.49. The molecule has 9 heteroatoms. The first-order valence-corrected chi connectivity index (χ1v) is 10.1. The Bertz CT molecular complexity index is 780. The van der Waals surface area contributed by atoms with Gasteiger partial charge in [-0.1, -0.05) is 6.92 Å². The molecule has 0 aliphatic heterocycles. The zero-order chi connectivity index (χ0) is 22.1. The van der Waals surface area contributed by atoms with Crippen molar-refractivity contribution in [2.45, 2.75) is 32.5 Å². The van der Waals surface area contributed by atoms with Gasteiger partial charge in [0, 0.05) is 37.4 Å². The van der Waals surface area contributed by atoms with E-state index in [-0.39, 0.29) is 24.9 Å². The van der Waals surface area contributed by atoms with E-state index in [1.165, 1.54) is 0 Å². The van der Waals surface area contributed by atoms with Gasteiger partial charge in [0.15, 0.2) is 0 Å². The zero-order valence-corrected chi connectivity index (χ0v) is 17.7. The Morgan fingerprint density at radius 2 is 2.07 bits per heavy atom. The van der Waals surface area contributed by atoms with Gasteiger partial charge < -0.3 is 20.1 Å². The lowest BCUT2D eigenvalue weighted by molar-refractivity contribution is -0.137. The molecule has 1 aromatic carbocycles. The van der Waals surface area contributed by atoms with Gasteiger partial charge in [-0.2, -0.15) is 18.3 Å². The lowest BCUT2D eigenvalue weighted by Gasteiger charge is -2.18. The molecule has 2 aromatic rings. The zero-order valence-electron chi connectivity index (χ0n) is 17.7. The first kappa shape index (κ1) is 24.2. The van der Waals surface area contributed by atoms with Crippen molar-refractivity contribution in [2.75, 3.05) is 40.4 Å². The molecule has 0 spiro atoms. The van der Waals surface area contributed by atoms with E-state index in [0.29, 0.717) is 24.2 Å². The van der Waals surface area contributed by atoms with Gasteiger partial charge in [0.1, 0.15) is 5.75 Å². The first-order chi connectivity index (χ1) is 14.3. The van der Waals surface area contributed by atoms with Gasteiger partial charge in [0.25, 0.3) is 0 Å². The van der Waals surface area contributed by atoms with E-state index in [0.717, 1.165) is 37.2 Å². The Hall–Kier alpha value is -2.10. The number of hydrogen-bond donors (Lipinski definition) is 3. The molecule has 0 aliphatic carbocycles. The van der Waals surface area contributed by atoms with E-state index < -0.39 is 11.7 Å². The summed E-state index contributed by atoms with van der Waals surface area (Å²) in [5.74, 6) is 0.233. The smallest absolute Gasteiger partial charge is 0.416 e. The largest absolute Gasteiger partial charge is 0.493 e. The standard InChI is InChI=1S/C21H31F3N4O2/c1-4-15(5-8-29)14-30-19-10-16(9-18(11-19)21(22,23)24)20-17(12-26-27-20)13-28(3)7-6-25-2/h9-12,15,25,29H,4-8,13-14H2,1-3H3,(H,26,27). The number of aliphatic hydroxyl groups excluding tert-OH is 1. The Labute approximate surface area is 175 Å². The van der Waals surface area contributed by atoms with Gasteiger partial charge in [-0.25, -0.2) is 0 Å². The fourth-order valence-corrected chi connectivity index (χ4v) is 3.15. The Morgan fingerprint density at radius 3 is 2.70 bits per heavy atom. The van der Waals surface area contributed by atoms with Gasteiger partial charge in [-0.3, -0.25) is 5.10 Å². The molecule has 1 unspecified atom stereocenters. The van der Waals surface area contributed by atoms with Crippen LogP contribution in [0.1, 0.15) is 30.9 Å². The Balaban J connectivity index is 2.30. The number of aromatic amines is 1. The summed E-state index contributed by atoms with van der Waals surface area (Å²) in [7, 11) is 3.81. The first-order valence-electron chi connectivity index (χ1n) is 10.1. The SMILES string of the molecule is CCC(CCO)COc1cc(-c2[nH]ncc2CN(C)CCNC)cc(C(F)(F)F)c1. The molecule has 1 heterocycles. The molecule has 1 atom stereocenters. The highest BCUT2D eigenvalue weighted by Gasteiger charge is 2.32. The van der Waals surface area contributed by atoms with Crippen molar-refractivity contribution in [3.8, 4) is 17.0 Å². The molecule has 6 nitrogen and oxygen atoms in total. The molecule has 1 aromatic heterocycles. The molecule has 0 radical (unpaired) electrons. The third-order valence-corrected chi connectivity index (χ3v) is 5.02. The van der Waals surface area contributed by atoms with Crippen LogP contribution in [0.5, 0.6) is 5.75 Å². The predicted molar refractivity (Wildman–Crippen MR) is 110 cm³/mol. The van der Waals surface area contributed by atoms with Crippen molar-refractivity contribution in [3.63, 3.8) is 0 Å². The quantitative estimate of drug-likeness (QED) is 0.482. The van der Waals surface area contributed by atoms with E-state index in [9.17, 15) is 13.2 Å². The van der Waals surface area contributed by atoms with E-state index in [4.69, 9.17) is 9.84 Å². The summed E-state index contributed by atoms with van der Waals surface area (Å²) in [6.07, 6.45) is -1.53. The van der Waals surface area contributed by atoms with Crippen LogP contribution in [0.3, 0.4) is 0 Å². The highest BCUT2D eigenvalue weighted by atomic mass is 19.4. The molecule has 168 valence electrons. The summed E-state index contributed by atoms with van der Waals surface area (Å²) >= 11 is 0. The maximum Gasteiger partial charge on any atom is 0.416 e. The van der Waals surface area contributed by atoms with Crippen LogP contribution in [0.4, 0.5) is 13.2 Å². The summed E-state index contributed by atoms with van der Waals surface area (Å²) < 4.78 is 46.2. The van der Waals surface area contributed by atoms with Crippen LogP contribution in [0.25, 0.3) is 11.3 Å². The second-order valence-electron chi connectivity index (χ2n) is 7.45. The number of ether oxygens (including phenoxy) is 1. The van der Waals surface area contributed by atoms with Crippen molar-refractivity contribution < 1.29 is 23.0 Å². The summed E-state index contributed by atoms with van der Waals surface area (Å²) in [4.78, 5) is 2.07. The minimum Gasteiger partial charge on any atom is -0.493 e. The van der Waals surface area contributed by atoms with E-state index in [2.05, 4.69) is 20.4 Å². The molecule has 3 N–H and O–H groups in total. The number of alkyl halides is 3. The highest BCUT2D eigenvalue weighted by molar-refractivity contribution is 5.66. The summed E-state index contributed by atoms with van der Waals surface area (Å²) in [5, 5.41) is 19.1. The molecular weight excluding hydrogens is 397 g/mol. The minimum absolute atomic E-state index is 0.0221. The van der Waals surface area contributed by atoms with Gasteiger partial charge in [0.2, 0.25) is 0 Å². The van der Waals surface area contributed by atoms with Crippen LogP contribution in [0.15, 0.2) is 24.4 Å². The molecule has 0 aliphatic rings. The molecule has 0 fully saturated rings. The van der Waals surface area contributed by atoms with E-state index in [1.54, 1.807) is 12.3 Å². The number of likely N-dealkylation sites (N-methyl/N-ethyl adjacent to an activating group) is 2. The number of hydrogen-bond acceptors (Lipinski definition) is 5. The van der Waals surface area contributed by atoms with Crippen LogP contribution < -0.4 is 10.1 Å². The van der Waals surface area contributed by atoms with Crippen molar-refractivity contribution in [1.82, 2.24) is 20.4 Å². The summed E-state index contributed by atoms with van der Waals surface area (Å²) in [5.41, 5.74) is 0.967. The second-order valence-corrected chi connectivity index (χ2v) is 7.45. The van der Waals surface area contributed by atoms with Gasteiger partial charge in [0.05, 0.1) is 24.1 Å². The maximum absolute atomic E-state index is 13.5. The van der Waals surface area contributed by atoms with Crippen molar-refractivity contribution >= 4 is 0 Å². The molecular formula is C21H31F3N4O2. The fourth-order valence-electron chi connectivity index (χ4n) is 3.15. The van der Waals surface area contributed by atoms with Crippen molar-refractivity contribution in [3.05, 3.63) is 35.5 Å². The van der Waals surface area contributed by atoms with Crippen LogP contribution in [-0.2, 0) is 12.7 Å². The van der Waals surface area contributed by atoms with Gasteiger partial charge in [-0.15, -0.1) is 0 Å². The van der Waals surface area contributed by atoms with E-state index >= 15 is 0 Å².